The van der Waals surface area contributed by atoms with Gasteiger partial charge in [0, 0.05) is 46.2 Å². The first kappa shape index (κ1) is 18.6. The molecule has 3 fully saturated rings. The van der Waals surface area contributed by atoms with Gasteiger partial charge in [0.25, 0.3) is 0 Å². The minimum absolute atomic E-state index is 0.118. The highest BCUT2D eigenvalue weighted by molar-refractivity contribution is 5.78. The Morgan fingerprint density at radius 3 is 2.44 bits per heavy atom. The van der Waals surface area contributed by atoms with Gasteiger partial charge in [-0.15, -0.1) is 0 Å². The van der Waals surface area contributed by atoms with Crippen LogP contribution in [0.25, 0.3) is 0 Å². The fourth-order valence-electron chi connectivity index (χ4n) is 4.13. The summed E-state index contributed by atoms with van der Waals surface area (Å²) < 4.78 is 6.05. The molecule has 1 spiro atoms. The number of amides is 2. The van der Waals surface area contributed by atoms with Crippen LogP contribution in [-0.4, -0.2) is 110 Å². The summed E-state index contributed by atoms with van der Waals surface area (Å²) in [6.07, 6.45) is 2.78. The summed E-state index contributed by atoms with van der Waals surface area (Å²) in [5.41, 5.74) is -0.244. The van der Waals surface area contributed by atoms with Gasteiger partial charge in [-0.05, 0) is 39.4 Å². The molecular weight excluding hydrogens is 320 g/mol. The molecule has 0 atom stereocenters. The Morgan fingerprint density at radius 1 is 0.960 bits per heavy atom. The van der Waals surface area contributed by atoms with E-state index in [0.717, 1.165) is 58.5 Å². The fraction of sp³-hybridized carbons (Fsp3) is 0.889. The summed E-state index contributed by atoms with van der Waals surface area (Å²) in [5.74, 6) is 0.353. The van der Waals surface area contributed by atoms with Crippen molar-refractivity contribution in [2.24, 2.45) is 0 Å². The van der Waals surface area contributed by atoms with Gasteiger partial charge in [0.15, 0.2) is 0 Å². The van der Waals surface area contributed by atoms with Gasteiger partial charge in [-0.1, -0.05) is 0 Å². The van der Waals surface area contributed by atoms with E-state index in [1.165, 1.54) is 0 Å². The average molecular weight is 352 g/mol. The highest BCUT2D eigenvalue weighted by Gasteiger charge is 2.41. The third-order valence-corrected chi connectivity index (χ3v) is 5.89. The first-order valence-corrected chi connectivity index (χ1v) is 9.56. The summed E-state index contributed by atoms with van der Waals surface area (Å²) >= 11 is 0. The molecule has 0 N–H and O–H groups in total. The van der Waals surface area contributed by atoms with E-state index < -0.39 is 0 Å². The molecule has 0 radical (unpaired) electrons. The summed E-state index contributed by atoms with van der Waals surface area (Å²) in [7, 11) is 2.14. The van der Waals surface area contributed by atoms with Gasteiger partial charge in [0.1, 0.15) is 0 Å². The van der Waals surface area contributed by atoms with E-state index in [1.807, 2.05) is 9.80 Å². The number of likely N-dealkylation sites (N-methyl/N-ethyl adjacent to an activating group) is 1. The van der Waals surface area contributed by atoms with E-state index in [0.29, 0.717) is 26.2 Å². The van der Waals surface area contributed by atoms with Crippen molar-refractivity contribution in [1.82, 2.24) is 19.6 Å². The van der Waals surface area contributed by atoms with E-state index in [2.05, 4.69) is 16.8 Å². The smallest absolute Gasteiger partial charge is 0.236 e. The fourth-order valence-corrected chi connectivity index (χ4v) is 4.13. The molecule has 0 saturated carbocycles. The van der Waals surface area contributed by atoms with Crippen molar-refractivity contribution in [2.45, 2.75) is 31.8 Å². The Balaban J connectivity index is 1.48. The van der Waals surface area contributed by atoms with Gasteiger partial charge in [-0.3, -0.25) is 14.5 Å². The molecule has 3 aliphatic heterocycles. The zero-order valence-electron chi connectivity index (χ0n) is 15.7. The number of carbonyl (C=O) groups is 2. The van der Waals surface area contributed by atoms with Crippen molar-refractivity contribution in [1.29, 1.82) is 0 Å². The normalized spacial score (nSPS) is 25.8. The molecule has 0 aromatic heterocycles. The predicted octanol–water partition coefficient (Wildman–Crippen LogP) is -0.136. The Labute approximate surface area is 150 Å². The Hall–Kier alpha value is -1.18. The molecule has 0 aliphatic carbocycles. The molecule has 142 valence electrons. The van der Waals surface area contributed by atoms with E-state index >= 15 is 0 Å². The number of piperidine rings is 1. The molecule has 0 aromatic carbocycles. The van der Waals surface area contributed by atoms with Gasteiger partial charge in [0.2, 0.25) is 11.8 Å². The lowest BCUT2D eigenvalue weighted by Crippen LogP contribution is -2.58. The second kappa shape index (κ2) is 8.01. The molecule has 3 heterocycles. The molecule has 0 bridgehead atoms. The van der Waals surface area contributed by atoms with Crippen molar-refractivity contribution >= 4 is 11.8 Å². The summed E-state index contributed by atoms with van der Waals surface area (Å²) in [5, 5.41) is 0. The number of morpholine rings is 1. The zero-order chi connectivity index (χ0) is 17.9. The van der Waals surface area contributed by atoms with E-state index in [9.17, 15) is 9.59 Å². The minimum Gasteiger partial charge on any atom is -0.371 e. The van der Waals surface area contributed by atoms with Crippen LogP contribution in [0.3, 0.4) is 0 Å². The zero-order valence-corrected chi connectivity index (χ0v) is 15.7. The Bertz CT molecular complexity index is 491. The number of hydrogen-bond donors (Lipinski definition) is 0. The van der Waals surface area contributed by atoms with Crippen LogP contribution in [0.4, 0.5) is 0 Å². The standard InChI is InChI=1S/C18H32N4O3/c1-16(23)22-12-13-25-18(15-22)4-8-21(9-5-18)17(24)14-20-7-3-6-19(2)10-11-20/h3-15H2,1-2H3. The van der Waals surface area contributed by atoms with E-state index in [-0.39, 0.29) is 17.4 Å². The molecule has 3 saturated heterocycles. The molecule has 7 nitrogen and oxygen atoms in total. The molecular formula is C18H32N4O3. The second-order valence-electron chi connectivity index (χ2n) is 7.79. The van der Waals surface area contributed by atoms with Crippen molar-refractivity contribution < 1.29 is 14.3 Å². The third kappa shape index (κ3) is 4.71. The van der Waals surface area contributed by atoms with Gasteiger partial charge in [0.05, 0.1) is 18.8 Å². The number of nitrogens with zero attached hydrogens (tertiary/aromatic N) is 4. The number of carbonyl (C=O) groups excluding carboxylic acids is 2. The molecule has 25 heavy (non-hydrogen) atoms. The van der Waals surface area contributed by atoms with E-state index in [1.54, 1.807) is 6.92 Å². The Kier molecular flexibility index (Phi) is 5.96. The van der Waals surface area contributed by atoms with Crippen LogP contribution in [0.1, 0.15) is 26.2 Å². The monoisotopic (exact) mass is 352 g/mol. The highest BCUT2D eigenvalue weighted by atomic mass is 16.5. The molecule has 7 heteroatoms. The van der Waals surface area contributed by atoms with Crippen LogP contribution in [0.15, 0.2) is 0 Å². The second-order valence-corrected chi connectivity index (χ2v) is 7.79. The maximum absolute atomic E-state index is 12.7. The number of ether oxygens (including phenoxy) is 1. The molecule has 3 aliphatic rings. The first-order chi connectivity index (χ1) is 12.0. The molecule has 0 unspecified atom stereocenters. The van der Waals surface area contributed by atoms with Crippen LogP contribution < -0.4 is 0 Å². The first-order valence-electron chi connectivity index (χ1n) is 9.56. The number of hydrogen-bond acceptors (Lipinski definition) is 5. The lowest BCUT2D eigenvalue weighted by atomic mass is 9.89. The predicted molar refractivity (Wildman–Crippen MR) is 95.3 cm³/mol. The maximum Gasteiger partial charge on any atom is 0.236 e. The van der Waals surface area contributed by atoms with Crippen LogP contribution in [0.5, 0.6) is 0 Å². The SMILES string of the molecule is CC(=O)N1CCOC2(CCN(C(=O)CN3CCCN(C)CC3)CC2)C1. The summed E-state index contributed by atoms with van der Waals surface area (Å²) in [4.78, 5) is 32.8. The van der Waals surface area contributed by atoms with Crippen molar-refractivity contribution in [3.8, 4) is 0 Å². The van der Waals surface area contributed by atoms with Crippen LogP contribution in [0.2, 0.25) is 0 Å². The van der Waals surface area contributed by atoms with Gasteiger partial charge in [-0.25, -0.2) is 0 Å². The summed E-state index contributed by atoms with van der Waals surface area (Å²) in [6, 6.07) is 0. The van der Waals surface area contributed by atoms with Gasteiger partial charge >= 0.3 is 0 Å². The van der Waals surface area contributed by atoms with Crippen molar-refractivity contribution in [3.63, 3.8) is 0 Å². The quantitative estimate of drug-likeness (QED) is 0.693. The number of rotatable bonds is 2. The van der Waals surface area contributed by atoms with Crippen LogP contribution >= 0.6 is 0 Å². The Morgan fingerprint density at radius 2 is 1.72 bits per heavy atom. The highest BCUT2D eigenvalue weighted by Crippen LogP contribution is 2.30. The third-order valence-electron chi connectivity index (χ3n) is 5.89. The lowest BCUT2D eigenvalue weighted by molar-refractivity contribution is -0.162. The van der Waals surface area contributed by atoms with Crippen molar-refractivity contribution in [2.75, 3.05) is 72.6 Å². The average Bonchev–Trinajstić information content (AvgIpc) is 2.80. The molecule has 3 rings (SSSR count). The van der Waals surface area contributed by atoms with Crippen LogP contribution in [-0.2, 0) is 14.3 Å². The molecule has 2 amide bonds. The lowest BCUT2D eigenvalue weighted by Gasteiger charge is -2.47. The summed E-state index contributed by atoms with van der Waals surface area (Å²) in [6.45, 7) is 9.70. The van der Waals surface area contributed by atoms with Crippen LogP contribution in [0, 0.1) is 0 Å². The number of likely N-dealkylation sites (tertiary alicyclic amines) is 1. The largest absolute Gasteiger partial charge is 0.371 e. The van der Waals surface area contributed by atoms with E-state index in [4.69, 9.17) is 4.74 Å². The van der Waals surface area contributed by atoms with Gasteiger partial charge in [-0.2, -0.15) is 0 Å². The minimum atomic E-state index is -0.244. The maximum atomic E-state index is 12.7. The topological polar surface area (TPSA) is 56.3 Å². The molecule has 0 aromatic rings. The van der Waals surface area contributed by atoms with Gasteiger partial charge < -0.3 is 19.4 Å². The van der Waals surface area contributed by atoms with Crippen molar-refractivity contribution in [3.05, 3.63) is 0 Å².